The molecule has 5 nitrogen and oxygen atoms in total. The van der Waals surface area contributed by atoms with Crippen molar-refractivity contribution in [3.05, 3.63) is 24.0 Å². The molecule has 1 aromatic carbocycles. The number of rotatable bonds is 2. The summed E-state index contributed by atoms with van der Waals surface area (Å²) in [6.07, 6.45) is 0.228. The van der Waals surface area contributed by atoms with Crippen molar-refractivity contribution in [2.75, 3.05) is 18.6 Å². The van der Waals surface area contributed by atoms with Gasteiger partial charge >= 0.3 is 6.03 Å². The Hall–Kier alpha value is -2.11. The van der Waals surface area contributed by atoms with Crippen LogP contribution in [0.4, 0.5) is 14.9 Å². The highest BCUT2D eigenvalue weighted by atomic mass is 19.1. The van der Waals surface area contributed by atoms with Gasteiger partial charge in [-0.1, -0.05) is 0 Å². The number of halogens is 1. The molecule has 1 aliphatic heterocycles. The van der Waals surface area contributed by atoms with Gasteiger partial charge in [0, 0.05) is 24.7 Å². The predicted molar refractivity (Wildman–Crippen MR) is 58.5 cm³/mol. The number of benzene rings is 1. The van der Waals surface area contributed by atoms with Crippen molar-refractivity contribution >= 4 is 17.6 Å². The second-order valence-corrected chi connectivity index (χ2v) is 3.57. The number of amides is 3. The fourth-order valence-corrected chi connectivity index (χ4v) is 1.63. The van der Waals surface area contributed by atoms with Crippen LogP contribution in [0.25, 0.3) is 0 Å². The van der Waals surface area contributed by atoms with Gasteiger partial charge in [0.25, 0.3) is 0 Å². The summed E-state index contributed by atoms with van der Waals surface area (Å²) in [6, 6.07) is 3.60. The number of methoxy groups -OCH3 is 1. The zero-order valence-corrected chi connectivity index (χ0v) is 9.20. The number of hydrogen-bond acceptors (Lipinski definition) is 3. The van der Waals surface area contributed by atoms with Gasteiger partial charge in [-0.05, 0) is 12.1 Å². The monoisotopic (exact) mass is 238 g/mol. The van der Waals surface area contributed by atoms with Crippen molar-refractivity contribution in [1.82, 2.24) is 5.32 Å². The minimum Gasteiger partial charge on any atom is -0.494 e. The topological polar surface area (TPSA) is 58.6 Å². The Kier molecular flexibility index (Phi) is 2.95. The maximum atomic E-state index is 13.2. The molecule has 0 saturated carbocycles. The Morgan fingerprint density at radius 3 is 2.82 bits per heavy atom. The number of carbonyl (C=O) groups excluding carboxylic acids is 2. The third-order valence-corrected chi connectivity index (χ3v) is 2.50. The molecule has 1 aliphatic rings. The van der Waals surface area contributed by atoms with Crippen molar-refractivity contribution in [3.8, 4) is 5.75 Å². The molecule has 0 bridgehead atoms. The molecule has 1 heterocycles. The smallest absolute Gasteiger partial charge is 0.328 e. The van der Waals surface area contributed by atoms with Crippen LogP contribution in [-0.2, 0) is 4.79 Å². The largest absolute Gasteiger partial charge is 0.494 e. The highest BCUT2D eigenvalue weighted by Gasteiger charge is 2.24. The van der Waals surface area contributed by atoms with E-state index in [9.17, 15) is 14.0 Å². The van der Waals surface area contributed by atoms with Crippen LogP contribution in [0.1, 0.15) is 6.42 Å². The lowest BCUT2D eigenvalue weighted by Gasteiger charge is -2.26. The second kappa shape index (κ2) is 4.40. The van der Waals surface area contributed by atoms with Crippen LogP contribution in [0.3, 0.4) is 0 Å². The zero-order valence-electron chi connectivity index (χ0n) is 9.20. The molecule has 90 valence electrons. The summed E-state index contributed by atoms with van der Waals surface area (Å²) in [6.45, 7) is 0.277. The summed E-state index contributed by atoms with van der Waals surface area (Å²) in [5.41, 5.74) is 0.494. The van der Waals surface area contributed by atoms with Crippen molar-refractivity contribution in [1.29, 1.82) is 0 Å². The van der Waals surface area contributed by atoms with Crippen molar-refractivity contribution in [2.45, 2.75) is 6.42 Å². The molecule has 1 fully saturated rings. The van der Waals surface area contributed by atoms with Crippen LogP contribution in [0, 0.1) is 5.82 Å². The molecule has 0 radical (unpaired) electrons. The van der Waals surface area contributed by atoms with Crippen molar-refractivity contribution < 1.29 is 18.7 Å². The number of imide groups is 1. The Labute approximate surface area is 97.2 Å². The van der Waals surface area contributed by atoms with Gasteiger partial charge in [0.15, 0.2) is 11.6 Å². The average molecular weight is 238 g/mol. The molecule has 2 rings (SSSR count). The van der Waals surface area contributed by atoms with E-state index in [0.29, 0.717) is 5.69 Å². The van der Waals surface area contributed by atoms with E-state index in [1.165, 1.54) is 30.2 Å². The maximum Gasteiger partial charge on any atom is 0.328 e. The third-order valence-electron chi connectivity index (χ3n) is 2.50. The average Bonchev–Trinajstić information content (AvgIpc) is 2.30. The Balaban J connectivity index is 2.28. The quantitative estimate of drug-likeness (QED) is 0.844. The van der Waals surface area contributed by atoms with Gasteiger partial charge in [-0.3, -0.25) is 15.0 Å². The Morgan fingerprint density at radius 2 is 2.18 bits per heavy atom. The van der Waals surface area contributed by atoms with Crippen molar-refractivity contribution in [2.24, 2.45) is 0 Å². The molecule has 17 heavy (non-hydrogen) atoms. The molecular formula is C11H11FN2O3. The molecule has 1 aromatic rings. The fraction of sp³-hybridized carbons (Fsp3) is 0.273. The Morgan fingerprint density at radius 1 is 1.41 bits per heavy atom. The summed E-state index contributed by atoms with van der Waals surface area (Å²) in [7, 11) is 1.35. The van der Waals surface area contributed by atoms with E-state index in [0.717, 1.165) is 0 Å². The van der Waals surface area contributed by atoms with E-state index in [1.807, 2.05) is 0 Å². The van der Waals surface area contributed by atoms with Crippen LogP contribution >= 0.6 is 0 Å². The van der Waals surface area contributed by atoms with Gasteiger partial charge in [-0.15, -0.1) is 0 Å². The maximum absolute atomic E-state index is 13.2. The summed E-state index contributed by atoms with van der Waals surface area (Å²) in [5, 5.41) is 2.19. The molecule has 0 spiro atoms. The van der Waals surface area contributed by atoms with Crippen LogP contribution in [-0.4, -0.2) is 25.6 Å². The third kappa shape index (κ3) is 2.20. The van der Waals surface area contributed by atoms with Gasteiger partial charge < -0.3 is 4.74 Å². The van der Waals surface area contributed by atoms with E-state index in [4.69, 9.17) is 4.74 Å². The molecule has 1 saturated heterocycles. The Bertz CT molecular complexity index is 476. The number of hydrogen-bond donors (Lipinski definition) is 1. The standard InChI is InChI=1S/C11H11FN2O3/c1-17-9-6-7(2-3-8(9)12)14-5-4-10(15)13-11(14)16/h2-3,6H,4-5H2,1H3,(H,13,15,16). The molecule has 6 heteroatoms. The highest BCUT2D eigenvalue weighted by Crippen LogP contribution is 2.25. The van der Waals surface area contributed by atoms with E-state index in [2.05, 4.69) is 5.32 Å². The molecule has 0 aromatic heterocycles. The van der Waals surface area contributed by atoms with Gasteiger partial charge in [0.2, 0.25) is 5.91 Å². The molecular weight excluding hydrogens is 227 g/mol. The van der Waals surface area contributed by atoms with Gasteiger partial charge in [0.1, 0.15) is 0 Å². The number of urea groups is 1. The molecule has 0 unspecified atom stereocenters. The number of ether oxygens (including phenoxy) is 1. The van der Waals surface area contributed by atoms with Crippen molar-refractivity contribution in [3.63, 3.8) is 0 Å². The first-order valence-electron chi connectivity index (χ1n) is 5.06. The lowest BCUT2D eigenvalue weighted by Crippen LogP contribution is -2.49. The van der Waals surface area contributed by atoms with E-state index in [-0.39, 0.29) is 24.6 Å². The fourth-order valence-electron chi connectivity index (χ4n) is 1.63. The van der Waals surface area contributed by atoms with Gasteiger partial charge in [-0.2, -0.15) is 0 Å². The minimum absolute atomic E-state index is 0.0622. The van der Waals surface area contributed by atoms with E-state index >= 15 is 0 Å². The van der Waals surface area contributed by atoms with Crippen LogP contribution < -0.4 is 15.0 Å². The number of anilines is 1. The molecule has 0 atom stereocenters. The van der Waals surface area contributed by atoms with Gasteiger partial charge in [-0.25, -0.2) is 9.18 Å². The second-order valence-electron chi connectivity index (χ2n) is 3.57. The van der Waals surface area contributed by atoms with Crippen LogP contribution in [0.2, 0.25) is 0 Å². The first-order valence-corrected chi connectivity index (χ1v) is 5.06. The lowest BCUT2D eigenvalue weighted by atomic mass is 10.2. The highest BCUT2D eigenvalue weighted by molar-refractivity contribution is 6.05. The van der Waals surface area contributed by atoms with Gasteiger partial charge in [0.05, 0.1) is 7.11 Å². The van der Waals surface area contributed by atoms with Crippen LogP contribution in [0.15, 0.2) is 18.2 Å². The summed E-state index contributed by atoms with van der Waals surface area (Å²) >= 11 is 0. The normalized spacial score (nSPS) is 15.8. The molecule has 1 N–H and O–H groups in total. The van der Waals surface area contributed by atoms with Crippen LogP contribution in [0.5, 0.6) is 5.75 Å². The summed E-state index contributed by atoms with van der Waals surface area (Å²) in [4.78, 5) is 23.9. The molecule has 0 aliphatic carbocycles. The predicted octanol–water partition coefficient (Wildman–Crippen LogP) is 1.28. The lowest BCUT2D eigenvalue weighted by molar-refractivity contribution is -0.120. The molecule has 3 amide bonds. The zero-order chi connectivity index (χ0) is 12.4. The minimum atomic E-state index is -0.505. The SMILES string of the molecule is COc1cc(N2CCC(=O)NC2=O)ccc1F. The van der Waals surface area contributed by atoms with E-state index in [1.54, 1.807) is 0 Å². The number of nitrogens with one attached hydrogen (secondary N) is 1. The first kappa shape index (κ1) is 11.4. The summed E-state index contributed by atoms with van der Waals surface area (Å²) < 4.78 is 18.0. The van der Waals surface area contributed by atoms with E-state index < -0.39 is 11.8 Å². The summed E-state index contributed by atoms with van der Waals surface area (Å²) in [5.74, 6) is -0.739. The number of nitrogens with zero attached hydrogens (tertiary/aromatic N) is 1. The first-order chi connectivity index (χ1) is 8.11. The number of carbonyl (C=O) groups is 2.